The van der Waals surface area contributed by atoms with Crippen molar-refractivity contribution in [1.82, 2.24) is 0 Å². The van der Waals surface area contributed by atoms with Crippen LogP contribution in [0.25, 0.3) is 0 Å². The zero-order chi connectivity index (χ0) is 8.10. The molecule has 4 N–H and O–H groups in total. The van der Waals surface area contributed by atoms with Crippen LogP contribution in [0, 0.1) is 0 Å². The fourth-order valence-electron chi connectivity index (χ4n) is 1.00. The van der Waals surface area contributed by atoms with Crippen LogP contribution in [0.2, 0.25) is 0 Å². The number of rotatable bonds is 3. The molecule has 0 amide bonds. The van der Waals surface area contributed by atoms with E-state index in [0.29, 0.717) is 6.54 Å². The molecule has 1 aromatic carbocycles. The van der Waals surface area contributed by atoms with Crippen LogP contribution >= 0.6 is 0 Å². The quantitative estimate of drug-likeness (QED) is 0.566. The molecule has 0 aliphatic heterocycles. The predicted molar refractivity (Wildman–Crippen MR) is 44.6 cm³/mol. The molecule has 0 saturated heterocycles. The molecule has 0 aromatic heterocycles. The van der Waals surface area contributed by atoms with Crippen LogP contribution in [0.4, 0.5) is 5.69 Å². The van der Waals surface area contributed by atoms with Crippen molar-refractivity contribution in [1.29, 1.82) is 0 Å². The number of benzene rings is 1. The maximum absolute atomic E-state index is 8.65. The number of hydrogen-bond acceptors (Lipinski definition) is 3. The number of nitrogens with two attached hydrogens (primary N) is 1. The zero-order valence-electron chi connectivity index (χ0n) is 6.25. The Kier molecular flexibility index (Phi) is 2.89. The van der Waals surface area contributed by atoms with Gasteiger partial charge in [-0.25, -0.2) is 0 Å². The molecule has 0 bridgehead atoms. The Balaban J connectivity index is 2.83. The summed E-state index contributed by atoms with van der Waals surface area (Å²) in [5.41, 5.74) is 9.27. The van der Waals surface area contributed by atoms with Gasteiger partial charge in [-0.2, -0.15) is 0 Å². The summed E-state index contributed by atoms with van der Waals surface area (Å²) in [6.45, 7) is 0.596. The van der Waals surface area contributed by atoms with E-state index >= 15 is 0 Å². The maximum Gasteiger partial charge on any atom is 0.0634 e. The van der Waals surface area contributed by atoms with Crippen molar-refractivity contribution >= 4 is 5.69 Å². The fourth-order valence-corrected chi connectivity index (χ4v) is 1.00. The first-order valence-corrected chi connectivity index (χ1v) is 3.56. The first-order chi connectivity index (χ1) is 5.38. The summed E-state index contributed by atoms with van der Waals surface area (Å²) in [6, 6.07) is 7.53. The highest BCUT2D eigenvalue weighted by Crippen LogP contribution is 2.13. The molecule has 0 fully saturated rings. The van der Waals surface area contributed by atoms with Gasteiger partial charge in [-0.3, -0.25) is 10.7 Å². The summed E-state index contributed by atoms with van der Waals surface area (Å²) in [6.07, 6.45) is 0.781. The molecule has 11 heavy (non-hydrogen) atoms. The third kappa shape index (κ3) is 1.93. The standard InChI is InChI=1S/C8H12N2O/c9-6-5-7-3-1-2-4-8(7)10-11/h1-4,10-11H,5-6,9H2. The molecule has 60 valence electrons. The summed E-state index contributed by atoms with van der Waals surface area (Å²) in [5, 5.41) is 8.65. The number of nitrogens with one attached hydrogen (secondary N) is 1. The highest BCUT2D eigenvalue weighted by Gasteiger charge is 1.96. The SMILES string of the molecule is NCCc1ccccc1NO. The molecule has 1 aromatic rings. The van der Waals surface area contributed by atoms with E-state index in [9.17, 15) is 0 Å². The average Bonchev–Trinajstić information content (AvgIpc) is 2.06. The molecule has 0 spiro atoms. The Morgan fingerprint density at radius 3 is 2.73 bits per heavy atom. The minimum absolute atomic E-state index is 0.596. The van der Waals surface area contributed by atoms with Gasteiger partial charge in [-0.1, -0.05) is 18.2 Å². The zero-order valence-corrected chi connectivity index (χ0v) is 6.25. The lowest BCUT2D eigenvalue weighted by Crippen LogP contribution is -2.05. The van der Waals surface area contributed by atoms with E-state index in [2.05, 4.69) is 5.48 Å². The van der Waals surface area contributed by atoms with Gasteiger partial charge in [0, 0.05) is 0 Å². The van der Waals surface area contributed by atoms with Crippen molar-refractivity contribution in [2.75, 3.05) is 12.0 Å². The largest absolute Gasteiger partial charge is 0.330 e. The number of hydrogen-bond donors (Lipinski definition) is 3. The van der Waals surface area contributed by atoms with E-state index in [-0.39, 0.29) is 0 Å². The minimum atomic E-state index is 0.596. The Bertz CT molecular complexity index is 225. The Hall–Kier alpha value is -1.06. The van der Waals surface area contributed by atoms with Gasteiger partial charge in [0.1, 0.15) is 0 Å². The molecule has 0 aliphatic carbocycles. The van der Waals surface area contributed by atoms with Crippen LogP contribution < -0.4 is 11.2 Å². The van der Waals surface area contributed by atoms with Crippen LogP contribution in [0.15, 0.2) is 24.3 Å². The van der Waals surface area contributed by atoms with E-state index < -0.39 is 0 Å². The molecule has 0 radical (unpaired) electrons. The predicted octanol–water partition coefficient (Wildman–Crippen LogP) is 0.989. The molecule has 1 rings (SSSR count). The molecule has 0 aliphatic rings. The van der Waals surface area contributed by atoms with Gasteiger partial charge in [0.05, 0.1) is 5.69 Å². The summed E-state index contributed by atoms with van der Waals surface area (Å²) >= 11 is 0. The van der Waals surface area contributed by atoms with Gasteiger partial charge in [0.2, 0.25) is 0 Å². The molecular formula is C8H12N2O. The highest BCUT2D eigenvalue weighted by atomic mass is 16.5. The van der Waals surface area contributed by atoms with Crippen LogP contribution in [0.5, 0.6) is 0 Å². The third-order valence-electron chi connectivity index (χ3n) is 1.55. The molecule has 0 unspecified atom stereocenters. The van der Waals surface area contributed by atoms with Gasteiger partial charge in [-0.15, -0.1) is 0 Å². The third-order valence-corrected chi connectivity index (χ3v) is 1.55. The second kappa shape index (κ2) is 3.95. The maximum atomic E-state index is 8.65. The van der Waals surface area contributed by atoms with E-state index in [0.717, 1.165) is 17.7 Å². The van der Waals surface area contributed by atoms with Crippen molar-refractivity contribution in [3.63, 3.8) is 0 Å². The number of para-hydroxylation sites is 1. The van der Waals surface area contributed by atoms with Crippen LogP contribution in [0.3, 0.4) is 0 Å². The first kappa shape index (κ1) is 8.04. The molecule has 3 nitrogen and oxygen atoms in total. The summed E-state index contributed by atoms with van der Waals surface area (Å²) in [5.74, 6) is 0. The Morgan fingerprint density at radius 2 is 2.09 bits per heavy atom. The van der Waals surface area contributed by atoms with Crippen LogP contribution in [-0.2, 0) is 6.42 Å². The Labute approximate surface area is 65.8 Å². The normalized spacial score (nSPS) is 9.64. The Morgan fingerprint density at radius 1 is 1.36 bits per heavy atom. The van der Waals surface area contributed by atoms with E-state index in [4.69, 9.17) is 10.9 Å². The topological polar surface area (TPSA) is 58.3 Å². The van der Waals surface area contributed by atoms with Gasteiger partial charge in [0.15, 0.2) is 0 Å². The molecule has 0 saturated carbocycles. The lowest BCUT2D eigenvalue weighted by molar-refractivity contribution is 0.388. The molecule has 0 heterocycles. The van der Waals surface area contributed by atoms with Crippen molar-refractivity contribution < 1.29 is 5.21 Å². The van der Waals surface area contributed by atoms with Crippen LogP contribution in [-0.4, -0.2) is 11.8 Å². The fraction of sp³-hybridized carbons (Fsp3) is 0.250. The van der Waals surface area contributed by atoms with Gasteiger partial charge < -0.3 is 5.73 Å². The lowest BCUT2D eigenvalue weighted by Gasteiger charge is -2.05. The monoisotopic (exact) mass is 152 g/mol. The van der Waals surface area contributed by atoms with Gasteiger partial charge in [0.25, 0.3) is 0 Å². The average molecular weight is 152 g/mol. The van der Waals surface area contributed by atoms with Crippen molar-refractivity contribution in [3.05, 3.63) is 29.8 Å². The highest BCUT2D eigenvalue weighted by molar-refractivity contribution is 5.49. The lowest BCUT2D eigenvalue weighted by atomic mass is 10.1. The van der Waals surface area contributed by atoms with Gasteiger partial charge >= 0.3 is 0 Å². The minimum Gasteiger partial charge on any atom is -0.330 e. The number of anilines is 1. The molecular weight excluding hydrogens is 140 g/mol. The van der Waals surface area contributed by atoms with Crippen molar-refractivity contribution in [2.45, 2.75) is 6.42 Å². The van der Waals surface area contributed by atoms with Crippen molar-refractivity contribution in [2.24, 2.45) is 5.73 Å². The van der Waals surface area contributed by atoms with Crippen molar-refractivity contribution in [3.8, 4) is 0 Å². The van der Waals surface area contributed by atoms with E-state index in [1.54, 1.807) is 0 Å². The second-order valence-corrected chi connectivity index (χ2v) is 2.31. The molecule has 3 heteroatoms. The van der Waals surface area contributed by atoms with Gasteiger partial charge in [-0.05, 0) is 24.6 Å². The summed E-state index contributed by atoms with van der Waals surface area (Å²) in [7, 11) is 0. The second-order valence-electron chi connectivity index (χ2n) is 2.31. The summed E-state index contributed by atoms with van der Waals surface area (Å²) < 4.78 is 0. The summed E-state index contributed by atoms with van der Waals surface area (Å²) in [4.78, 5) is 0. The molecule has 0 atom stereocenters. The van der Waals surface area contributed by atoms with E-state index in [1.165, 1.54) is 0 Å². The van der Waals surface area contributed by atoms with Crippen LogP contribution in [0.1, 0.15) is 5.56 Å². The first-order valence-electron chi connectivity index (χ1n) is 3.56. The smallest absolute Gasteiger partial charge is 0.0634 e. The van der Waals surface area contributed by atoms with E-state index in [1.807, 2.05) is 24.3 Å².